The zero-order chi connectivity index (χ0) is 18.1. The number of rotatable bonds is 18. The predicted octanol–water partition coefficient (Wildman–Crippen LogP) is 7.16. The Kier molecular flexibility index (Phi) is 16.8. The normalized spacial score (nSPS) is 13.9. The number of hydrogen-bond acceptors (Lipinski definition) is 0. The van der Waals surface area contributed by atoms with Crippen LogP contribution in [0.2, 0.25) is 30.2 Å². The third-order valence-electron chi connectivity index (χ3n) is 5.00. The van der Waals surface area contributed by atoms with Crippen molar-refractivity contribution in [1.82, 2.24) is 0 Å². The molecule has 0 aromatic carbocycles. The van der Waals surface area contributed by atoms with E-state index in [1.54, 1.807) is 0 Å². The van der Waals surface area contributed by atoms with E-state index in [2.05, 4.69) is 13.8 Å². The van der Waals surface area contributed by atoms with E-state index >= 15 is 4.11 Å². The minimum absolute atomic E-state index is 0.362. The van der Waals surface area contributed by atoms with Crippen molar-refractivity contribution >= 4 is 17.9 Å². The van der Waals surface area contributed by atoms with Crippen molar-refractivity contribution in [3.8, 4) is 0 Å². The van der Waals surface area contributed by atoms with Crippen molar-refractivity contribution in [2.75, 3.05) is 6.67 Å². The first-order valence-corrected chi connectivity index (χ1v) is 15.0. The molecule has 0 saturated heterocycles. The lowest BCUT2D eigenvalue weighted by Gasteiger charge is -2.22. The molecule has 5 heteroatoms. The minimum Gasteiger partial charge on any atom is -0.314 e. The summed E-state index contributed by atoms with van der Waals surface area (Å²) in [5.41, 5.74) is 0. The summed E-state index contributed by atoms with van der Waals surface area (Å²) in [5, 5.41) is 0. The second-order valence-electron chi connectivity index (χ2n) is 7.45. The van der Waals surface area contributed by atoms with Crippen LogP contribution in [0.1, 0.15) is 78.1 Å². The van der Waals surface area contributed by atoms with E-state index in [9.17, 15) is 8.78 Å². The lowest BCUT2D eigenvalue weighted by atomic mass is 10.2. The van der Waals surface area contributed by atoms with Gasteiger partial charge in [0.2, 0.25) is 8.41 Å². The van der Waals surface area contributed by atoms with Crippen LogP contribution in [-0.4, -0.2) is 30.8 Å². The standard InChI is InChI=1S/C19H41F3Si2/c1-3-5-8-15-24(22,16-9-6-4-2)17-10-7-14-23-18-19(21)12-11-13-20/h19H,3-18,23H2,1-2H3. The highest BCUT2D eigenvalue weighted by molar-refractivity contribution is 6.73. The topological polar surface area (TPSA) is 0 Å². The molecule has 0 bridgehead atoms. The van der Waals surface area contributed by atoms with Crippen LogP contribution in [0.3, 0.4) is 0 Å². The molecule has 0 aliphatic carbocycles. The second kappa shape index (κ2) is 16.7. The van der Waals surface area contributed by atoms with Gasteiger partial charge in [-0.25, -0.2) is 4.39 Å². The molecule has 24 heavy (non-hydrogen) atoms. The quantitative estimate of drug-likeness (QED) is 0.134. The van der Waals surface area contributed by atoms with Gasteiger partial charge in [-0.3, -0.25) is 4.39 Å². The van der Waals surface area contributed by atoms with Crippen LogP contribution in [0, 0.1) is 0 Å². The van der Waals surface area contributed by atoms with Crippen molar-refractivity contribution in [3.63, 3.8) is 0 Å². The van der Waals surface area contributed by atoms with E-state index in [4.69, 9.17) is 0 Å². The fourth-order valence-electron chi connectivity index (χ4n) is 3.36. The summed E-state index contributed by atoms with van der Waals surface area (Å²) in [6.07, 6.45) is 8.85. The summed E-state index contributed by atoms with van der Waals surface area (Å²) < 4.78 is 40.7. The molecule has 1 atom stereocenters. The fraction of sp³-hybridized carbons (Fsp3) is 1.00. The number of hydrogen-bond donors (Lipinski definition) is 0. The molecule has 0 aromatic heterocycles. The summed E-state index contributed by atoms with van der Waals surface area (Å²) in [6.45, 7) is 3.95. The largest absolute Gasteiger partial charge is 0.314 e. The van der Waals surface area contributed by atoms with E-state index in [-0.39, 0.29) is 9.52 Å². The molecule has 0 aliphatic rings. The summed E-state index contributed by atoms with van der Waals surface area (Å²) in [5.74, 6) is 0. The Bertz CT molecular complexity index is 255. The van der Waals surface area contributed by atoms with Crippen LogP contribution >= 0.6 is 0 Å². The summed E-state index contributed by atoms with van der Waals surface area (Å²) in [4.78, 5) is 0. The van der Waals surface area contributed by atoms with Crippen LogP contribution in [0.4, 0.5) is 12.9 Å². The van der Waals surface area contributed by atoms with Gasteiger partial charge in [0.1, 0.15) is 0 Å². The van der Waals surface area contributed by atoms with Crippen molar-refractivity contribution in [1.29, 1.82) is 0 Å². The third kappa shape index (κ3) is 14.6. The molecule has 0 heterocycles. The van der Waals surface area contributed by atoms with Crippen molar-refractivity contribution in [3.05, 3.63) is 0 Å². The first kappa shape index (κ1) is 24.2. The maximum absolute atomic E-state index is 15.3. The minimum atomic E-state index is -2.52. The van der Waals surface area contributed by atoms with Gasteiger partial charge in [0.25, 0.3) is 0 Å². The Labute approximate surface area is 152 Å². The smallest absolute Gasteiger partial charge is 0.247 e. The average molecular weight is 383 g/mol. The summed E-state index contributed by atoms with van der Waals surface area (Å²) >= 11 is 0. The molecule has 0 amide bonds. The summed E-state index contributed by atoms with van der Waals surface area (Å²) in [7, 11) is -2.90. The van der Waals surface area contributed by atoms with E-state index in [1.807, 2.05) is 0 Å². The molecule has 0 nitrogen and oxygen atoms in total. The molecule has 1 unspecified atom stereocenters. The monoisotopic (exact) mass is 382 g/mol. The van der Waals surface area contributed by atoms with Gasteiger partial charge in [0, 0.05) is 9.52 Å². The first-order chi connectivity index (χ1) is 11.6. The van der Waals surface area contributed by atoms with E-state index in [1.165, 1.54) is 0 Å². The third-order valence-corrected chi connectivity index (χ3v) is 10.8. The van der Waals surface area contributed by atoms with Crippen molar-refractivity contribution in [2.24, 2.45) is 0 Å². The van der Waals surface area contributed by atoms with Crippen molar-refractivity contribution < 1.29 is 12.9 Å². The van der Waals surface area contributed by atoms with Crippen LogP contribution in [-0.2, 0) is 0 Å². The lowest BCUT2D eigenvalue weighted by Crippen LogP contribution is -2.28. The lowest BCUT2D eigenvalue weighted by molar-refractivity contribution is 0.316. The molecule has 0 fully saturated rings. The molecule has 0 radical (unpaired) electrons. The SMILES string of the molecule is CCCCC[Si](F)(CCCCC)CCCC[SiH2]CC(F)CCCF. The van der Waals surface area contributed by atoms with Gasteiger partial charge < -0.3 is 4.11 Å². The van der Waals surface area contributed by atoms with Gasteiger partial charge in [0.15, 0.2) is 0 Å². The Morgan fingerprint density at radius 2 is 1.38 bits per heavy atom. The molecular formula is C19H41F3Si2. The molecule has 0 spiro atoms. The molecule has 0 rings (SSSR count). The molecule has 146 valence electrons. The first-order valence-electron chi connectivity index (χ1n) is 10.5. The van der Waals surface area contributed by atoms with Gasteiger partial charge in [0.05, 0.1) is 12.8 Å². The highest BCUT2D eigenvalue weighted by Gasteiger charge is 2.32. The van der Waals surface area contributed by atoms with Crippen molar-refractivity contribution in [2.45, 2.75) is 114 Å². The Morgan fingerprint density at radius 1 is 0.833 bits per heavy atom. The van der Waals surface area contributed by atoms with Crippen LogP contribution < -0.4 is 0 Å². The number of unbranched alkanes of at least 4 members (excludes halogenated alkanes) is 5. The number of halogens is 3. The Balaban J connectivity index is 3.86. The van der Waals surface area contributed by atoms with Crippen LogP contribution in [0.5, 0.6) is 0 Å². The molecule has 0 aliphatic heterocycles. The highest BCUT2D eigenvalue weighted by atomic mass is 28.4. The van der Waals surface area contributed by atoms with E-state index in [0.717, 1.165) is 75.5 Å². The van der Waals surface area contributed by atoms with Gasteiger partial charge in [-0.2, -0.15) is 0 Å². The zero-order valence-electron chi connectivity index (χ0n) is 16.2. The second-order valence-corrected chi connectivity index (χ2v) is 13.2. The van der Waals surface area contributed by atoms with Gasteiger partial charge in [-0.1, -0.05) is 71.3 Å². The maximum atomic E-state index is 15.3. The van der Waals surface area contributed by atoms with Gasteiger partial charge in [-0.05, 0) is 37.0 Å². The van der Waals surface area contributed by atoms with E-state index < -0.39 is 21.3 Å². The predicted molar refractivity (Wildman–Crippen MR) is 108 cm³/mol. The molecule has 0 aromatic rings. The highest BCUT2D eigenvalue weighted by Crippen LogP contribution is 2.30. The average Bonchev–Trinajstić information content (AvgIpc) is 2.56. The summed E-state index contributed by atoms with van der Waals surface area (Å²) in [6, 6.07) is 4.36. The van der Waals surface area contributed by atoms with Gasteiger partial charge in [-0.15, -0.1) is 0 Å². The molecule has 0 N–H and O–H groups in total. The molecular weight excluding hydrogens is 341 g/mol. The van der Waals surface area contributed by atoms with Crippen LogP contribution in [0.15, 0.2) is 0 Å². The fourth-order valence-corrected chi connectivity index (χ4v) is 8.49. The van der Waals surface area contributed by atoms with Gasteiger partial charge >= 0.3 is 0 Å². The van der Waals surface area contributed by atoms with Crippen LogP contribution in [0.25, 0.3) is 0 Å². The Morgan fingerprint density at radius 3 is 1.88 bits per heavy atom. The number of alkyl halides is 2. The maximum Gasteiger partial charge on any atom is 0.247 e. The zero-order valence-corrected chi connectivity index (χ0v) is 18.6. The Hall–Kier alpha value is 0.224. The molecule has 0 saturated carbocycles. The van der Waals surface area contributed by atoms with E-state index in [0.29, 0.717) is 18.9 Å².